The highest BCUT2D eigenvalue weighted by Crippen LogP contribution is 2.29. The second kappa shape index (κ2) is 13.8. The minimum atomic E-state index is -4.12. The summed E-state index contributed by atoms with van der Waals surface area (Å²) in [6, 6.07) is 18.1. The van der Waals surface area contributed by atoms with E-state index in [0.29, 0.717) is 17.3 Å². The standard InChI is InChI=1S/C31H38ClN3O4S/c1-6-7-18-33-31(37)25(5)34(20-26-11-9-12-27(32)19-26)30(36)21-35(29-13-8-10-23(3)24(29)4)40(38,39)28-16-14-22(2)15-17-28/h8-17,19,25H,6-7,18,20-21H2,1-5H3,(H,33,37). The molecule has 0 fully saturated rings. The molecule has 0 aromatic heterocycles. The van der Waals surface area contributed by atoms with Crippen LogP contribution >= 0.6 is 11.6 Å². The van der Waals surface area contributed by atoms with Gasteiger partial charge in [-0.1, -0.05) is 66.9 Å². The smallest absolute Gasteiger partial charge is 0.264 e. The molecule has 3 aromatic carbocycles. The van der Waals surface area contributed by atoms with Crippen molar-refractivity contribution in [1.82, 2.24) is 10.2 Å². The number of hydrogen-bond acceptors (Lipinski definition) is 4. The van der Waals surface area contributed by atoms with Crippen LogP contribution < -0.4 is 9.62 Å². The van der Waals surface area contributed by atoms with Gasteiger partial charge in [0.1, 0.15) is 12.6 Å². The zero-order chi connectivity index (χ0) is 29.4. The number of carbonyl (C=O) groups is 2. The Morgan fingerprint density at radius 1 is 0.975 bits per heavy atom. The first-order chi connectivity index (χ1) is 18.9. The lowest BCUT2D eigenvalue weighted by atomic mass is 10.1. The molecule has 0 aliphatic carbocycles. The number of carbonyl (C=O) groups excluding carboxylic acids is 2. The third kappa shape index (κ3) is 7.64. The number of benzene rings is 3. The molecule has 7 nitrogen and oxygen atoms in total. The number of nitrogens with zero attached hydrogens (tertiary/aromatic N) is 2. The summed E-state index contributed by atoms with van der Waals surface area (Å²) in [6.07, 6.45) is 1.73. The third-order valence-electron chi connectivity index (χ3n) is 6.97. The molecular weight excluding hydrogens is 546 g/mol. The molecule has 0 aliphatic heterocycles. The maximum absolute atomic E-state index is 14.0. The number of rotatable bonds is 12. The van der Waals surface area contributed by atoms with E-state index in [9.17, 15) is 18.0 Å². The molecule has 0 spiro atoms. The summed E-state index contributed by atoms with van der Waals surface area (Å²) in [5, 5.41) is 3.39. The summed E-state index contributed by atoms with van der Waals surface area (Å²) in [5.41, 5.74) is 3.71. The summed E-state index contributed by atoms with van der Waals surface area (Å²) in [5.74, 6) is -0.807. The molecular formula is C31H38ClN3O4S. The van der Waals surface area contributed by atoms with Gasteiger partial charge in [0.25, 0.3) is 10.0 Å². The molecule has 1 unspecified atom stereocenters. The molecule has 214 valence electrons. The third-order valence-corrected chi connectivity index (χ3v) is 8.98. The number of sulfonamides is 1. The van der Waals surface area contributed by atoms with Crippen molar-refractivity contribution in [3.05, 3.63) is 94.0 Å². The number of unbranched alkanes of at least 4 members (excludes halogenated alkanes) is 1. The lowest BCUT2D eigenvalue weighted by molar-refractivity contribution is -0.139. The van der Waals surface area contributed by atoms with E-state index in [1.54, 1.807) is 61.5 Å². The summed E-state index contributed by atoms with van der Waals surface area (Å²) in [6.45, 7) is 9.40. The largest absolute Gasteiger partial charge is 0.354 e. The molecule has 0 bridgehead atoms. The summed E-state index contributed by atoms with van der Waals surface area (Å²) < 4.78 is 29.2. The van der Waals surface area contributed by atoms with Crippen molar-refractivity contribution in [3.63, 3.8) is 0 Å². The lowest BCUT2D eigenvalue weighted by Crippen LogP contribution is -2.51. The number of aryl methyl sites for hydroxylation is 2. The van der Waals surface area contributed by atoms with Gasteiger partial charge >= 0.3 is 0 Å². The van der Waals surface area contributed by atoms with Crippen molar-refractivity contribution < 1.29 is 18.0 Å². The predicted molar refractivity (Wildman–Crippen MR) is 161 cm³/mol. The van der Waals surface area contributed by atoms with Crippen molar-refractivity contribution in [1.29, 1.82) is 0 Å². The fourth-order valence-electron chi connectivity index (χ4n) is 4.31. The molecule has 0 radical (unpaired) electrons. The average molecular weight is 584 g/mol. The highest BCUT2D eigenvalue weighted by atomic mass is 35.5. The van der Waals surface area contributed by atoms with Gasteiger partial charge in [0, 0.05) is 18.1 Å². The van der Waals surface area contributed by atoms with E-state index in [-0.39, 0.29) is 17.3 Å². The van der Waals surface area contributed by atoms with E-state index in [4.69, 9.17) is 11.6 Å². The second-order valence-corrected chi connectivity index (χ2v) is 12.3. The normalized spacial score (nSPS) is 12.1. The molecule has 3 aromatic rings. The second-order valence-electron chi connectivity index (χ2n) is 10.0. The summed E-state index contributed by atoms with van der Waals surface area (Å²) in [4.78, 5) is 28.6. The number of hydrogen-bond donors (Lipinski definition) is 1. The van der Waals surface area contributed by atoms with E-state index in [0.717, 1.165) is 39.4 Å². The monoisotopic (exact) mass is 583 g/mol. The Kier molecular flexibility index (Phi) is 10.8. The summed E-state index contributed by atoms with van der Waals surface area (Å²) in [7, 11) is -4.12. The van der Waals surface area contributed by atoms with E-state index in [2.05, 4.69) is 5.32 Å². The quantitative estimate of drug-likeness (QED) is 0.273. The highest BCUT2D eigenvalue weighted by molar-refractivity contribution is 7.92. The van der Waals surface area contributed by atoms with Crippen LogP contribution in [-0.2, 0) is 26.2 Å². The van der Waals surface area contributed by atoms with Crippen molar-refractivity contribution in [2.45, 2.75) is 64.9 Å². The Labute approximate surface area is 243 Å². The molecule has 2 amide bonds. The summed E-state index contributed by atoms with van der Waals surface area (Å²) >= 11 is 6.20. The Morgan fingerprint density at radius 3 is 2.30 bits per heavy atom. The molecule has 0 saturated heterocycles. The van der Waals surface area contributed by atoms with Crippen LogP contribution in [0, 0.1) is 20.8 Å². The Hall–Kier alpha value is -3.36. The lowest BCUT2D eigenvalue weighted by Gasteiger charge is -2.32. The van der Waals surface area contributed by atoms with Gasteiger partial charge in [-0.3, -0.25) is 13.9 Å². The van der Waals surface area contributed by atoms with E-state index >= 15 is 0 Å². The fraction of sp³-hybridized carbons (Fsp3) is 0.355. The molecule has 0 saturated carbocycles. The highest BCUT2D eigenvalue weighted by Gasteiger charge is 2.33. The number of halogens is 1. The van der Waals surface area contributed by atoms with Gasteiger partial charge in [0.15, 0.2) is 0 Å². The zero-order valence-corrected chi connectivity index (χ0v) is 25.3. The van der Waals surface area contributed by atoms with E-state index in [1.165, 1.54) is 4.90 Å². The van der Waals surface area contributed by atoms with Crippen molar-refractivity contribution in [3.8, 4) is 0 Å². The maximum atomic E-state index is 14.0. The van der Waals surface area contributed by atoms with Crippen LogP contribution in [0.1, 0.15) is 48.9 Å². The average Bonchev–Trinajstić information content (AvgIpc) is 2.92. The van der Waals surface area contributed by atoms with Crippen LogP contribution in [0.25, 0.3) is 0 Å². The van der Waals surface area contributed by atoms with Gasteiger partial charge in [0.05, 0.1) is 10.6 Å². The maximum Gasteiger partial charge on any atom is 0.264 e. The van der Waals surface area contributed by atoms with Gasteiger partial charge in [-0.25, -0.2) is 8.42 Å². The Morgan fingerprint density at radius 2 is 1.65 bits per heavy atom. The molecule has 40 heavy (non-hydrogen) atoms. The van der Waals surface area contributed by atoms with Crippen LogP contribution in [-0.4, -0.2) is 44.3 Å². The molecule has 3 rings (SSSR count). The van der Waals surface area contributed by atoms with Crippen molar-refractivity contribution >= 4 is 39.1 Å². The number of nitrogens with one attached hydrogen (secondary N) is 1. The molecule has 0 aliphatic rings. The van der Waals surface area contributed by atoms with Gasteiger partial charge < -0.3 is 10.2 Å². The van der Waals surface area contributed by atoms with Crippen molar-refractivity contribution in [2.75, 3.05) is 17.4 Å². The zero-order valence-electron chi connectivity index (χ0n) is 23.8. The topological polar surface area (TPSA) is 86.8 Å². The van der Waals surface area contributed by atoms with E-state index in [1.807, 2.05) is 39.8 Å². The first-order valence-electron chi connectivity index (χ1n) is 13.4. The fourth-order valence-corrected chi connectivity index (χ4v) is 5.99. The van der Waals surface area contributed by atoms with E-state index < -0.39 is 28.5 Å². The number of amides is 2. The predicted octanol–water partition coefficient (Wildman–Crippen LogP) is 5.79. The minimum Gasteiger partial charge on any atom is -0.354 e. The van der Waals surface area contributed by atoms with Gasteiger partial charge in [-0.05, 0) is 81.1 Å². The van der Waals surface area contributed by atoms with Crippen LogP contribution in [0.3, 0.4) is 0 Å². The van der Waals surface area contributed by atoms with Gasteiger partial charge in [-0.15, -0.1) is 0 Å². The first kappa shape index (κ1) is 31.2. The molecule has 0 heterocycles. The van der Waals surface area contributed by atoms with Crippen molar-refractivity contribution in [2.24, 2.45) is 0 Å². The van der Waals surface area contributed by atoms with Crippen LogP contribution in [0.15, 0.2) is 71.6 Å². The van der Waals surface area contributed by atoms with Crippen LogP contribution in [0.2, 0.25) is 5.02 Å². The Balaban J connectivity index is 2.04. The number of anilines is 1. The van der Waals surface area contributed by atoms with Crippen LogP contribution in [0.4, 0.5) is 5.69 Å². The molecule has 1 N–H and O–H groups in total. The molecule has 9 heteroatoms. The molecule has 1 atom stereocenters. The Bertz CT molecular complexity index is 1440. The minimum absolute atomic E-state index is 0.0820. The van der Waals surface area contributed by atoms with Gasteiger partial charge in [-0.2, -0.15) is 0 Å². The SMILES string of the molecule is CCCCNC(=O)C(C)N(Cc1cccc(Cl)c1)C(=O)CN(c1cccc(C)c1C)S(=O)(=O)c1ccc(C)cc1. The van der Waals surface area contributed by atoms with Gasteiger partial charge in [0.2, 0.25) is 11.8 Å². The van der Waals surface area contributed by atoms with Crippen LogP contribution in [0.5, 0.6) is 0 Å². The first-order valence-corrected chi connectivity index (χ1v) is 15.2.